The molecule has 0 spiro atoms. The predicted molar refractivity (Wildman–Crippen MR) is 122 cm³/mol. The molecule has 0 aliphatic rings. The standard InChI is InChI=1S/C26H19BrN2/c27-25-23-18-10-11-19-24(23)29(28-25)26(20-12-4-1-5-13-20,21-14-6-2-7-15-21)22-16-8-3-9-17-22/h1-19H. The van der Waals surface area contributed by atoms with Crippen molar-refractivity contribution in [3.8, 4) is 0 Å². The number of rotatable bonds is 4. The average Bonchev–Trinajstić information content (AvgIpc) is 3.14. The van der Waals surface area contributed by atoms with Gasteiger partial charge in [-0.1, -0.05) is 109 Å². The maximum Gasteiger partial charge on any atom is 0.138 e. The largest absolute Gasteiger partial charge is 0.244 e. The summed E-state index contributed by atoms with van der Waals surface area (Å²) in [5.41, 5.74) is 3.97. The number of para-hydroxylation sites is 1. The molecule has 1 heterocycles. The van der Waals surface area contributed by atoms with E-state index in [1.807, 2.05) is 6.07 Å². The zero-order chi connectivity index (χ0) is 19.7. The minimum absolute atomic E-state index is 0.602. The number of aromatic nitrogens is 2. The minimum Gasteiger partial charge on any atom is -0.244 e. The highest BCUT2D eigenvalue weighted by Gasteiger charge is 2.40. The Morgan fingerprint density at radius 2 is 0.966 bits per heavy atom. The molecule has 0 radical (unpaired) electrons. The lowest BCUT2D eigenvalue weighted by atomic mass is 9.77. The summed E-state index contributed by atoms with van der Waals surface area (Å²) in [6, 6.07) is 40.2. The summed E-state index contributed by atoms with van der Waals surface area (Å²) in [5.74, 6) is 0. The monoisotopic (exact) mass is 438 g/mol. The fraction of sp³-hybridized carbons (Fsp3) is 0.0385. The Labute approximate surface area is 178 Å². The van der Waals surface area contributed by atoms with Crippen LogP contribution in [0.25, 0.3) is 10.9 Å². The predicted octanol–water partition coefficient (Wildman–Crippen LogP) is 6.64. The third-order valence-electron chi connectivity index (χ3n) is 5.43. The van der Waals surface area contributed by atoms with Crippen molar-refractivity contribution in [1.29, 1.82) is 0 Å². The fourth-order valence-corrected chi connectivity index (χ4v) is 4.68. The van der Waals surface area contributed by atoms with E-state index in [9.17, 15) is 0 Å². The van der Waals surface area contributed by atoms with E-state index in [1.165, 1.54) is 0 Å². The topological polar surface area (TPSA) is 17.8 Å². The second-order valence-electron chi connectivity index (χ2n) is 7.03. The van der Waals surface area contributed by atoms with Crippen molar-refractivity contribution in [3.63, 3.8) is 0 Å². The Hall–Kier alpha value is -3.17. The van der Waals surface area contributed by atoms with E-state index in [0.29, 0.717) is 0 Å². The number of fused-ring (bicyclic) bond motifs is 1. The summed E-state index contributed by atoms with van der Waals surface area (Å²) in [5, 5.41) is 6.12. The van der Waals surface area contributed by atoms with Gasteiger partial charge in [0.25, 0.3) is 0 Å². The normalized spacial score (nSPS) is 11.6. The first-order chi connectivity index (χ1) is 14.3. The summed E-state index contributed by atoms with van der Waals surface area (Å²) in [6.07, 6.45) is 0. The van der Waals surface area contributed by atoms with Crippen molar-refractivity contribution in [2.45, 2.75) is 5.54 Å². The highest BCUT2D eigenvalue weighted by atomic mass is 79.9. The number of hydrogen-bond acceptors (Lipinski definition) is 1. The van der Waals surface area contributed by atoms with E-state index in [-0.39, 0.29) is 0 Å². The van der Waals surface area contributed by atoms with E-state index < -0.39 is 5.54 Å². The van der Waals surface area contributed by atoms with Gasteiger partial charge in [-0.15, -0.1) is 0 Å². The van der Waals surface area contributed by atoms with Crippen molar-refractivity contribution in [2.24, 2.45) is 0 Å². The van der Waals surface area contributed by atoms with Crippen LogP contribution in [0.4, 0.5) is 0 Å². The summed E-state index contributed by atoms with van der Waals surface area (Å²) in [6.45, 7) is 0. The van der Waals surface area contributed by atoms with Gasteiger partial charge in [-0.3, -0.25) is 0 Å². The second-order valence-corrected chi connectivity index (χ2v) is 7.78. The smallest absolute Gasteiger partial charge is 0.138 e. The Bertz CT molecular complexity index is 1150. The van der Waals surface area contributed by atoms with Crippen LogP contribution in [-0.4, -0.2) is 9.78 Å². The van der Waals surface area contributed by atoms with Crippen LogP contribution in [0, 0.1) is 0 Å². The quantitative estimate of drug-likeness (QED) is 0.287. The third-order valence-corrected chi connectivity index (χ3v) is 6.02. The molecule has 4 aromatic carbocycles. The molecule has 0 atom stereocenters. The van der Waals surface area contributed by atoms with Crippen molar-refractivity contribution in [1.82, 2.24) is 9.78 Å². The Balaban J connectivity index is 1.99. The number of nitrogens with zero attached hydrogens (tertiary/aromatic N) is 2. The molecule has 0 fully saturated rings. The molecule has 0 aliphatic carbocycles. The maximum absolute atomic E-state index is 5.02. The van der Waals surface area contributed by atoms with E-state index in [1.54, 1.807) is 0 Å². The molecule has 1 aromatic heterocycles. The van der Waals surface area contributed by atoms with Gasteiger partial charge in [0.1, 0.15) is 10.1 Å². The lowest BCUT2D eigenvalue weighted by Crippen LogP contribution is -2.38. The molecule has 0 amide bonds. The molecule has 3 heteroatoms. The zero-order valence-electron chi connectivity index (χ0n) is 15.7. The van der Waals surface area contributed by atoms with E-state index in [0.717, 1.165) is 32.2 Å². The van der Waals surface area contributed by atoms with Gasteiger partial charge < -0.3 is 0 Å². The fourth-order valence-electron chi connectivity index (χ4n) is 4.19. The van der Waals surface area contributed by atoms with Crippen LogP contribution >= 0.6 is 15.9 Å². The summed E-state index contributed by atoms with van der Waals surface area (Å²) >= 11 is 3.70. The van der Waals surface area contributed by atoms with Crippen LogP contribution in [0.2, 0.25) is 0 Å². The molecule has 5 aromatic rings. The Morgan fingerprint density at radius 1 is 0.552 bits per heavy atom. The molecule has 0 N–H and O–H groups in total. The van der Waals surface area contributed by atoms with Crippen LogP contribution in [0.3, 0.4) is 0 Å². The number of hydrogen-bond donors (Lipinski definition) is 0. The SMILES string of the molecule is Brc1nn(C(c2ccccc2)(c2ccccc2)c2ccccc2)c2ccccc12. The molecule has 5 rings (SSSR count). The molecule has 0 saturated carbocycles. The van der Waals surface area contributed by atoms with Gasteiger partial charge in [-0.2, -0.15) is 5.10 Å². The molecular formula is C26H19BrN2. The first-order valence-electron chi connectivity index (χ1n) is 9.62. The first-order valence-corrected chi connectivity index (χ1v) is 10.4. The number of halogens is 1. The lowest BCUT2D eigenvalue weighted by molar-refractivity contribution is 0.473. The third kappa shape index (κ3) is 2.81. The first kappa shape index (κ1) is 17.9. The van der Waals surface area contributed by atoms with Crippen molar-refractivity contribution >= 4 is 26.8 Å². The van der Waals surface area contributed by atoms with Crippen molar-refractivity contribution in [3.05, 3.63) is 137 Å². The molecule has 0 unspecified atom stereocenters. The minimum atomic E-state index is -0.602. The van der Waals surface area contributed by atoms with Crippen LogP contribution in [0.5, 0.6) is 0 Å². The summed E-state index contributed by atoms with van der Waals surface area (Å²) in [7, 11) is 0. The molecule has 0 aliphatic heterocycles. The van der Waals surface area contributed by atoms with E-state index in [2.05, 4.69) is 130 Å². The van der Waals surface area contributed by atoms with Crippen LogP contribution in [0.1, 0.15) is 16.7 Å². The highest BCUT2D eigenvalue weighted by molar-refractivity contribution is 9.10. The summed E-state index contributed by atoms with van der Waals surface area (Å²) in [4.78, 5) is 0. The van der Waals surface area contributed by atoms with Gasteiger partial charge in [0.15, 0.2) is 0 Å². The maximum atomic E-state index is 5.02. The van der Waals surface area contributed by atoms with Crippen LogP contribution in [-0.2, 0) is 5.54 Å². The highest BCUT2D eigenvalue weighted by Crippen LogP contribution is 2.43. The molecule has 0 saturated heterocycles. The second kappa shape index (κ2) is 7.34. The van der Waals surface area contributed by atoms with Crippen molar-refractivity contribution in [2.75, 3.05) is 0 Å². The average molecular weight is 439 g/mol. The lowest BCUT2D eigenvalue weighted by Gasteiger charge is -2.37. The van der Waals surface area contributed by atoms with Gasteiger partial charge in [0, 0.05) is 5.39 Å². The summed E-state index contributed by atoms with van der Waals surface area (Å²) < 4.78 is 3.01. The van der Waals surface area contributed by atoms with Crippen molar-refractivity contribution < 1.29 is 0 Å². The Kier molecular flexibility index (Phi) is 4.53. The van der Waals surface area contributed by atoms with Gasteiger partial charge in [0.2, 0.25) is 0 Å². The van der Waals surface area contributed by atoms with Gasteiger partial charge in [0.05, 0.1) is 5.52 Å². The van der Waals surface area contributed by atoms with Crippen LogP contribution < -0.4 is 0 Å². The molecule has 29 heavy (non-hydrogen) atoms. The number of benzene rings is 4. The molecule has 0 bridgehead atoms. The molecule has 2 nitrogen and oxygen atoms in total. The Morgan fingerprint density at radius 3 is 1.45 bits per heavy atom. The zero-order valence-corrected chi connectivity index (χ0v) is 17.3. The van der Waals surface area contributed by atoms with Crippen LogP contribution in [0.15, 0.2) is 120 Å². The molecular weight excluding hydrogens is 420 g/mol. The van der Waals surface area contributed by atoms with Gasteiger partial charge in [-0.25, -0.2) is 4.68 Å². The molecule has 140 valence electrons. The van der Waals surface area contributed by atoms with E-state index in [4.69, 9.17) is 5.10 Å². The van der Waals surface area contributed by atoms with Gasteiger partial charge >= 0.3 is 0 Å². The van der Waals surface area contributed by atoms with Gasteiger partial charge in [-0.05, 0) is 38.7 Å². The van der Waals surface area contributed by atoms with E-state index >= 15 is 0 Å².